The Hall–Kier alpha value is -1.37. The number of carbonyl (C=O) groups excluding carboxylic acids is 1. The van der Waals surface area contributed by atoms with Crippen LogP contribution in [0, 0.1) is 6.92 Å². The number of urea groups is 1. The molecule has 0 bridgehead atoms. The van der Waals surface area contributed by atoms with Gasteiger partial charge in [0.15, 0.2) is 0 Å². The number of aromatic nitrogens is 2. The van der Waals surface area contributed by atoms with Crippen molar-refractivity contribution in [1.82, 2.24) is 20.4 Å². The van der Waals surface area contributed by atoms with E-state index in [9.17, 15) is 4.79 Å². The molecule has 18 heavy (non-hydrogen) atoms. The van der Waals surface area contributed by atoms with Crippen molar-refractivity contribution in [2.45, 2.75) is 25.8 Å². The Kier molecular flexibility index (Phi) is 4.00. The van der Waals surface area contributed by atoms with Gasteiger partial charge in [0.05, 0.1) is 0 Å². The Morgan fingerprint density at radius 3 is 2.89 bits per heavy atom. The number of nitrogens with zero attached hydrogens (tertiary/aromatic N) is 4. The van der Waals surface area contributed by atoms with E-state index in [2.05, 4.69) is 20.4 Å². The first kappa shape index (κ1) is 13.1. The zero-order valence-corrected chi connectivity index (χ0v) is 11.8. The number of nitrogens with one attached hydrogen (secondary N) is 1. The van der Waals surface area contributed by atoms with Gasteiger partial charge in [0.25, 0.3) is 0 Å². The third-order valence-electron chi connectivity index (χ3n) is 2.94. The SMILES string of the molecule is Cc1nnc(N2CCCC(NC(=O)N(C)C)C2)s1. The number of anilines is 1. The van der Waals surface area contributed by atoms with Crippen molar-refractivity contribution >= 4 is 22.5 Å². The summed E-state index contributed by atoms with van der Waals surface area (Å²) in [5, 5.41) is 13.2. The van der Waals surface area contributed by atoms with Crippen LogP contribution in [-0.2, 0) is 0 Å². The fourth-order valence-corrected chi connectivity index (χ4v) is 2.71. The second kappa shape index (κ2) is 5.51. The first-order valence-corrected chi connectivity index (χ1v) is 6.91. The predicted molar refractivity (Wildman–Crippen MR) is 72.1 cm³/mol. The minimum Gasteiger partial charge on any atom is -0.345 e. The maximum Gasteiger partial charge on any atom is 0.317 e. The van der Waals surface area contributed by atoms with Gasteiger partial charge in [-0.1, -0.05) is 11.3 Å². The number of hydrogen-bond acceptors (Lipinski definition) is 5. The maximum atomic E-state index is 11.6. The molecule has 1 aliphatic rings. The smallest absolute Gasteiger partial charge is 0.317 e. The fraction of sp³-hybridized carbons (Fsp3) is 0.727. The molecule has 1 aromatic heterocycles. The van der Waals surface area contributed by atoms with Crippen LogP contribution < -0.4 is 10.2 Å². The molecule has 1 fully saturated rings. The molecule has 1 unspecified atom stereocenters. The Balaban J connectivity index is 1.94. The van der Waals surface area contributed by atoms with Gasteiger partial charge in [-0.05, 0) is 19.8 Å². The van der Waals surface area contributed by atoms with Crippen molar-refractivity contribution < 1.29 is 4.79 Å². The minimum absolute atomic E-state index is 0.0321. The van der Waals surface area contributed by atoms with Crippen LogP contribution in [0.3, 0.4) is 0 Å². The van der Waals surface area contributed by atoms with Crippen LogP contribution in [0.1, 0.15) is 17.8 Å². The summed E-state index contributed by atoms with van der Waals surface area (Å²) in [6.45, 7) is 3.76. The largest absolute Gasteiger partial charge is 0.345 e. The standard InChI is InChI=1S/C11H19N5OS/c1-8-13-14-11(18-8)16-6-4-5-9(7-16)12-10(17)15(2)3/h9H,4-7H2,1-3H3,(H,12,17). The van der Waals surface area contributed by atoms with Crippen LogP contribution in [0.5, 0.6) is 0 Å². The van der Waals surface area contributed by atoms with Crippen molar-refractivity contribution in [3.05, 3.63) is 5.01 Å². The Labute approximate surface area is 111 Å². The van der Waals surface area contributed by atoms with E-state index in [1.807, 2.05) is 6.92 Å². The number of piperidine rings is 1. The first-order chi connectivity index (χ1) is 8.56. The molecule has 6 nitrogen and oxygen atoms in total. The Bertz CT molecular complexity index is 419. The van der Waals surface area contributed by atoms with E-state index in [0.29, 0.717) is 0 Å². The predicted octanol–water partition coefficient (Wildman–Crippen LogP) is 1.09. The molecular formula is C11H19N5OS. The van der Waals surface area contributed by atoms with Crippen molar-refractivity contribution in [1.29, 1.82) is 0 Å². The molecule has 2 amide bonds. The molecule has 1 aliphatic heterocycles. The second-order valence-electron chi connectivity index (χ2n) is 4.73. The topological polar surface area (TPSA) is 61.4 Å². The van der Waals surface area contributed by atoms with Gasteiger partial charge < -0.3 is 15.1 Å². The summed E-state index contributed by atoms with van der Waals surface area (Å²) in [7, 11) is 3.51. The lowest BCUT2D eigenvalue weighted by Gasteiger charge is -2.33. The van der Waals surface area contributed by atoms with Crippen molar-refractivity contribution in [3.8, 4) is 0 Å². The van der Waals surface area contributed by atoms with Crippen LogP contribution >= 0.6 is 11.3 Å². The van der Waals surface area contributed by atoms with Crippen LogP contribution in [0.25, 0.3) is 0 Å². The molecule has 0 aliphatic carbocycles. The third kappa shape index (κ3) is 3.10. The van der Waals surface area contributed by atoms with Gasteiger partial charge in [-0.2, -0.15) is 0 Å². The van der Waals surface area contributed by atoms with Crippen molar-refractivity contribution in [2.24, 2.45) is 0 Å². The molecule has 7 heteroatoms. The fourth-order valence-electron chi connectivity index (χ4n) is 1.99. The molecule has 1 atom stereocenters. The molecule has 0 spiro atoms. The summed E-state index contributed by atoms with van der Waals surface area (Å²) in [6, 6.07) is 0.160. The van der Waals surface area contributed by atoms with Crippen molar-refractivity contribution in [3.63, 3.8) is 0 Å². The van der Waals surface area contributed by atoms with Gasteiger partial charge in [-0.15, -0.1) is 10.2 Å². The van der Waals surface area contributed by atoms with Crippen molar-refractivity contribution in [2.75, 3.05) is 32.1 Å². The zero-order valence-electron chi connectivity index (χ0n) is 11.0. The molecule has 0 radical (unpaired) electrons. The Morgan fingerprint density at radius 1 is 1.50 bits per heavy atom. The minimum atomic E-state index is -0.0321. The molecule has 1 N–H and O–H groups in total. The van der Waals surface area contributed by atoms with Gasteiger partial charge in [0.1, 0.15) is 5.01 Å². The lowest BCUT2D eigenvalue weighted by atomic mass is 10.1. The normalized spacial score (nSPS) is 19.7. The molecule has 1 aromatic rings. The van der Waals surface area contributed by atoms with E-state index in [1.165, 1.54) is 0 Å². The molecule has 100 valence electrons. The maximum absolute atomic E-state index is 11.6. The number of carbonyl (C=O) groups is 1. The van der Waals surface area contributed by atoms with E-state index in [4.69, 9.17) is 0 Å². The van der Waals surface area contributed by atoms with E-state index in [-0.39, 0.29) is 12.1 Å². The monoisotopic (exact) mass is 269 g/mol. The second-order valence-corrected chi connectivity index (χ2v) is 5.89. The lowest BCUT2D eigenvalue weighted by Crippen LogP contribution is -2.50. The van der Waals surface area contributed by atoms with E-state index in [1.54, 1.807) is 30.3 Å². The summed E-state index contributed by atoms with van der Waals surface area (Å²) in [5.74, 6) is 0. The van der Waals surface area contributed by atoms with Crippen LogP contribution in [0.15, 0.2) is 0 Å². The number of rotatable bonds is 2. The summed E-state index contributed by atoms with van der Waals surface area (Å²) in [4.78, 5) is 15.4. The highest BCUT2D eigenvalue weighted by Crippen LogP contribution is 2.23. The van der Waals surface area contributed by atoms with Gasteiger partial charge in [-0.25, -0.2) is 4.79 Å². The summed E-state index contributed by atoms with van der Waals surface area (Å²) in [5.41, 5.74) is 0. The first-order valence-electron chi connectivity index (χ1n) is 6.09. The lowest BCUT2D eigenvalue weighted by molar-refractivity contribution is 0.211. The summed E-state index contributed by atoms with van der Waals surface area (Å²) >= 11 is 1.60. The van der Waals surface area contributed by atoms with Crippen LogP contribution in [-0.4, -0.2) is 54.4 Å². The molecule has 0 aromatic carbocycles. The van der Waals surface area contributed by atoms with E-state index >= 15 is 0 Å². The number of aryl methyl sites for hydroxylation is 1. The third-order valence-corrected chi connectivity index (χ3v) is 3.84. The van der Waals surface area contributed by atoms with E-state index in [0.717, 1.165) is 36.1 Å². The number of hydrogen-bond donors (Lipinski definition) is 1. The van der Waals surface area contributed by atoms with Gasteiger partial charge >= 0.3 is 6.03 Å². The number of amides is 2. The van der Waals surface area contributed by atoms with Gasteiger partial charge in [0, 0.05) is 33.2 Å². The van der Waals surface area contributed by atoms with E-state index < -0.39 is 0 Å². The van der Waals surface area contributed by atoms with Crippen LogP contribution in [0.4, 0.5) is 9.93 Å². The molecule has 2 heterocycles. The summed E-state index contributed by atoms with van der Waals surface area (Å²) < 4.78 is 0. The average Bonchev–Trinajstić information content (AvgIpc) is 2.76. The zero-order chi connectivity index (χ0) is 13.1. The summed E-state index contributed by atoms with van der Waals surface area (Å²) in [6.07, 6.45) is 2.09. The highest BCUT2D eigenvalue weighted by molar-refractivity contribution is 7.15. The van der Waals surface area contributed by atoms with Crippen LogP contribution in [0.2, 0.25) is 0 Å². The molecular weight excluding hydrogens is 250 g/mol. The molecule has 0 saturated carbocycles. The van der Waals surface area contributed by atoms with Gasteiger partial charge in [0.2, 0.25) is 5.13 Å². The quantitative estimate of drug-likeness (QED) is 0.873. The average molecular weight is 269 g/mol. The Morgan fingerprint density at radius 2 is 2.28 bits per heavy atom. The molecule has 1 saturated heterocycles. The highest BCUT2D eigenvalue weighted by atomic mass is 32.1. The molecule has 2 rings (SSSR count). The van der Waals surface area contributed by atoms with Gasteiger partial charge in [-0.3, -0.25) is 0 Å². The highest BCUT2D eigenvalue weighted by Gasteiger charge is 2.23.